The molecule has 11 heteroatoms. The topological polar surface area (TPSA) is 81.1 Å². The molecular weight excluding hydrogens is 442 g/mol. The highest BCUT2D eigenvalue weighted by Gasteiger charge is 2.49. The van der Waals surface area contributed by atoms with Crippen LogP contribution in [0.15, 0.2) is 49.1 Å². The van der Waals surface area contributed by atoms with Gasteiger partial charge in [0.2, 0.25) is 5.88 Å². The van der Waals surface area contributed by atoms with Crippen LogP contribution in [0, 0.1) is 11.7 Å². The number of fused-ring (bicyclic) bond motifs is 2. The lowest BCUT2D eigenvalue weighted by Gasteiger charge is -2.33. The molecule has 0 aromatic carbocycles. The molecule has 2 bridgehead atoms. The van der Waals surface area contributed by atoms with Crippen molar-refractivity contribution < 1.29 is 27.1 Å². The lowest BCUT2D eigenvalue weighted by Crippen LogP contribution is -2.47. The third-order valence-corrected chi connectivity index (χ3v) is 5.89. The SMILES string of the molecule is O=C(c1cccnc1-c1ncc(F)cn1)N1CC2CC(Oc3ccc(C(F)(F)F)cn3)C1C2. The smallest absolute Gasteiger partial charge is 0.417 e. The normalized spacial score (nSPS) is 21.9. The van der Waals surface area contributed by atoms with E-state index in [0.717, 1.165) is 31.1 Å². The van der Waals surface area contributed by atoms with Gasteiger partial charge in [0.1, 0.15) is 11.8 Å². The number of nitrogens with zero attached hydrogens (tertiary/aromatic N) is 5. The lowest BCUT2D eigenvalue weighted by molar-refractivity contribution is -0.137. The van der Waals surface area contributed by atoms with Gasteiger partial charge in [0, 0.05) is 25.0 Å². The Labute approximate surface area is 185 Å². The molecular formula is C22H17F4N5O2. The van der Waals surface area contributed by atoms with Crippen LogP contribution in [0.25, 0.3) is 11.5 Å². The first-order valence-electron chi connectivity index (χ1n) is 10.2. The number of halogens is 4. The van der Waals surface area contributed by atoms with Crippen molar-refractivity contribution in [3.8, 4) is 17.4 Å². The molecule has 0 N–H and O–H groups in total. The molecule has 0 radical (unpaired) electrons. The van der Waals surface area contributed by atoms with E-state index in [0.29, 0.717) is 13.0 Å². The summed E-state index contributed by atoms with van der Waals surface area (Å²) >= 11 is 0. The fourth-order valence-corrected chi connectivity index (χ4v) is 4.44. The quantitative estimate of drug-likeness (QED) is 0.553. The second kappa shape index (κ2) is 8.05. The minimum Gasteiger partial charge on any atom is -0.472 e. The Bertz CT molecular complexity index is 1170. The number of ether oxygens (including phenoxy) is 1. The first-order chi connectivity index (χ1) is 15.8. The Hall–Kier alpha value is -3.63. The van der Waals surface area contributed by atoms with Gasteiger partial charge in [-0.25, -0.2) is 19.3 Å². The minimum atomic E-state index is -4.48. The first-order valence-corrected chi connectivity index (χ1v) is 10.2. The average Bonchev–Trinajstić information content (AvgIpc) is 3.40. The maximum absolute atomic E-state index is 13.4. The number of carbonyl (C=O) groups is 1. The molecule has 1 saturated carbocycles. The number of carbonyl (C=O) groups excluding carboxylic acids is 1. The third-order valence-electron chi connectivity index (χ3n) is 5.89. The predicted molar refractivity (Wildman–Crippen MR) is 106 cm³/mol. The fraction of sp³-hybridized carbons (Fsp3) is 0.318. The average molecular weight is 459 g/mol. The van der Waals surface area contributed by atoms with Crippen LogP contribution in [-0.4, -0.2) is 49.4 Å². The molecule has 1 amide bonds. The highest BCUT2D eigenvalue weighted by atomic mass is 19.4. The van der Waals surface area contributed by atoms with E-state index < -0.39 is 17.6 Å². The maximum atomic E-state index is 13.4. The molecule has 2 aliphatic rings. The molecule has 3 aromatic rings. The second-order valence-corrected chi connectivity index (χ2v) is 8.03. The van der Waals surface area contributed by atoms with Crippen molar-refractivity contribution in [3.05, 3.63) is 66.0 Å². The van der Waals surface area contributed by atoms with E-state index in [2.05, 4.69) is 19.9 Å². The van der Waals surface area contributed by atoms with Crippen molar-refractivity contribution >= 4 is 5.91 Å². The summed E-state index contributed by atoms with van der Waals surface area (Å²) in [5, 5.41) is 0. The van der Waals surface area contributed by atoms with Crippen LogP contribution < -0.4 is 4.74 Å². The van der Waals surface area contributed by atoms with Crippen LogP contribution in [0.2, 0.25) is 0 Å². The summed E-state index contributed by atoms with van der Waals surface area (Å²) in [5.41, 5.74) is -0.332. The summed E-state index contributed by atoms with van der Waals surface area (Å²) in [6, 6.07) is 5.08. The zero-order valence-corrected chi connectivity index (χ0v) is 17.0. The van der Waals surface area contributed by atoms with Crippen molar-refractivity contribution in [2.75, 3.05) is 6.54 Å². The molecule has 7 nitrogen and oxygen atoms in total. The fourth-order valence-electron chi connectivity index (χ4n) is 4.44. The minimum absolute atomic E-state index is 0.0785. The van der Waals surface area contributed by atoms with Crippen molar-refractivity contribution in [1.82, 2.24) is 24.8 Å². The van der Waals surface area contributed by atoms with Crippen molar-refractivity contribution in [1.29, 1.82) is 0 Å². The summed E-state index contributed by atoms with van der Waals surface area (Å²) in [6.45, 7) is 0.530. The number of aromatic nitrogens is 4. The summed E-state index contributed by atoms with van der Waals surface area (Å²) in [4.78, 5) is 31.0. The van der Waals surface area contributed by atoms with E-state index >= 15 is 0 Å². The molecule has 1 saturated heterocycles. The summed E-state index contributed by atoms with van der Waals surface area (Å²) in [7, 11) is 0. The van der Waals surface area contributed by atoms with Gasteiger partial charge < -0.3 is 9.64 Å². The van der Waals surface area contributed by atoms with Crippen molar-refractivity contribution in [2.24, 2.45) is 5.92 Å². The van der Waals surface area contributed by atoms with E-state index in [4.69, 9.17) is 4.74 Å². The molecule has 0 spiro atoms. The number of hydrogen-bond donors (Lipinski definition) is 0. The van der Waals surface area contributed by atoms with Gasteiger partial charge in [-0.15, -0.1) is 0 Å². The zero-order valence-electron chi connectivity index (χ0n) is 17.0. The van der Waals surface area contributed by atoms with Gasteiger partial charge in [0.05, 0.1) is 29.6 Å². The standard InChI is InChI=1S/C22H17F4N5O2/c23-14-9-29-20(30-10-14)19-15(2-1-5-27-19)21(32)31-11-12-6-16(31)17(7-12)33-18-4-3-13(8-28-18)22(24,25)26/h1-5,8-10,12,16-17H,6-7,11H2. The van der Waals surface area contributed by atoms with Crippen LogP contribution in [0.4, 0.5) is 17.6 Å². The number of hydrogen-bond acceptors (Lipinski definition) is 6. The predicted octanol–water partition coefficient (Wildman–Crippen LogP) is 3.77. The van der Waals surface area contributed by atoms with E-state index in [9.17, 15) is 22.4 Å². The van der Waals surface area contributed by atoms with Crippen molar-refractivity contribution in [3.63, 3.8) is 0 Å². The van der Waals surface area contributed by atoms with E-state index in [1.165, 1.54) is 12.3 Å². The monoisotopic (exact) mass is 459 g/mol. The molecule has 1 aliphatic carbocycles. The van der Waals surface area contributed by atoms with Crippen LogP contribution in [0.1, 0.15) is 28.8 Å². The molecule has 5 rings (SSSR count). The Morgan fingerprint density at radius 1 is 1.03 bits per heavy atom. The molecule has 3 atom stereocenters. The van der Waals surface area contributed by atoms with Crippen LogP contribution >= 0.6 is 0 Å². The number of likely N-dealkylation sites (tertiary alicyclic amines) is 1. The molecule has 33 heavy (non-hydrogen) atoms. The van der Waals surface area contributed by atoms with Gasteiger partial charge in [-0.1, -0.05) is 0 Å². The van der Waals surface area contributed by atoms with E-state index in [1.807, 2.05) is 0 Å². The third kappa shape index (κ3) is 4.10. The molecule has 1 aliphatic heterocycles. The molecule has 2 fully saturated rings. The summed E-state index contributed by atoms with van der Waals surface area (Å²) < 4.78 is 57.4. The van der Waals surface area contributed by atoms with Gasteiger partial charge in [-0.2, -0.15) is 13.2 Å². The summed E-state index contributed by atoms with van der Waals surface area (Å²) in [5.74, 6) is -0.467. The van der Waals surface area contributed by atoms with Crippen LogP contribution in [0.3, 0.4) is 0 Å². The van der Waals surface area contributed by atoms with Gasteiger partial charge in [0.25, 0.3) is 5.91 Å². The highest BCUT2D eigenvalue weighted by Crippen LogP contribution is 2.41. The van der Waals surface area contributed by atoms with Gasteiger partial charge in [-0.05, 0) is 37.0 Å². The number of pyridine rings is 2. The van der Waals surface area contributed by atoms with E-state index in [1.54, 1.807) is 17.0 Å². The van der Waals surface area contributed by atoms with Crippen molar-refractivity contribution in [2.45, 2.75) is 31.2 Å². The number of amides is 1. The Morgan fingerprint density at radius 3 is 2.48 bits per heavy atom. The van der Waals surface area contributed by atoms with Crippen LogP contribution in [0.5, 0.6) is 5.88 Å². The largest absolute Gasteiger partial charge is 0.472 e. The molecule has 170 valence electrons. The molecule has 3 aromatic heterocycles. The Kier molecular flexibility index (Phi) is 5.18. The number of alkyl halides is 3. The van der Waals surface area contributed by atoms with Gasteiger partial charge in [-0.3, -0.25) is 9.78 Å². The maximum Gasteiger partial charge on any atom is 0.417 e. The van der Waals surface area contributed by atoms with Crippen LogP contribution in [-0.2, 0) is 6.18 Å². The zero-order chi connectivity index (χ0) is 23.2. The molecule has 4 heterocycles. The number of rotatable bonds is 4. The van der Waals surface area contributed by atoms with Gasteiger partial charge >= 0.3 is 6.18 Å². The Balaban J connectivity index is 1.35. The second-order valence-electron chi connectivity index (χ2n) is 8.03. The Morgan fingerprint density at radius 2 is 1.82 bits per heavy atom. The van der Waals surface area contributed by atoms with E-state index in [-0.39, 0.29) is 46.9 Å². The lowest BCUT2D eigenvalue weighted by atomic mass is 10.1. The number of piperidine rings is 1. The molecule has 3 unspecified atom stereocenters. The highest BCUT2D eigenvalue weighted by molar-refractivity contribution is 5.99. The van der Waals surface area contributed by atoms with Gasteiger partial charge in [0.15, 0.2) is 11.6 Å². The summed E-state index contributed by atoms with van der Waals surface area (Å²) in [6.07, 6.45) is 0.773. The first kappa shape index (κ1) is 21.2.